The largest absolute Gasteiger partial charge is 0.399 e. The number of benzene rings is 1. The van der Waals surface area contributed by atoms with Crippen LogP contribution in [0.2, 0.25) is 0 Å². The molecule has 1 aromatic heterocycles. The average molecular weight is 288 g/mol. The molecule has 0 saturated heterocycles. The van der Waals surface area contributed by atoms with Gasteiger partial charge >= 0.3 is 0 Å². The molecule has 1 heterocycles. The highest BCUT2D eigenvalue weighted by molar-refractivity contribution is 6.08. The highest BCUT2D eigenvalue weighted by Crippen LogP contribution is 2.20. The lowest BCUT2D eigenvalue weighted by atomic mass is 10.1. The third-order valence-electron chi connectivity index (χ3n) is 3.52. The molecule has 0 bridgehead atoms. The molecule has 4 N–H and O–H groups in total. The number of nitrogens with zero attached hydrogens (tertiary/aromatic N) is 1. The van der Waals surface area contributed by atoms with Crippen molar-refractivity contribution in [1.29, 1.82) is 0 Å². The van der Waals surface area contributed by atoms with E-state index in [9.17, 15) is 9.59 Å². The molecule has 6 heteroatoms. The fraction of sp³-hybridized carbons (Fsp3) is 0.333. The van der Waals surface area contributed by atoms with Gasteiger partial charge in [0.05, 0.1) is 5.56 Å². The van der Waals surface area contributed by atoms with Gasteiger partial charge in [-0.1, -0.05) is 0 Å². The topological polar surface area (TPSA) is 91.2 Å². The van der Waals surface area contributed by atoms with Crippen LogP contribution in [0.4, 0.5) is 5.69 Å². The van der Waals surface area contributed by atoms with Gasteiger partial charge in [-0.25, -0.2) is 0 Å². The highest BCUT2D eigenvalue weighted by Gasteiger charge is 2.20. The zero-order valence-corrected chi connectivity index (χ0v) is 12.4. The number of hydrogen-bond donors (Lipinski definition) is 3. The van der Waals surface area contributed by atoms with Crippen LogP contribution in [0.3, 0.4) is 0 Å². The number of anilines is 1. The molecule has 2 amide bonds. The number of nitrogens with one attached hydrogen (secondary N) is 2. The van der Waals surface area contributed by atoms with E-state index >= 15 is 0 Å². The van der Waals surface area contributed by atoms with Crippen LogP contribution in [0.15, 0.2) is 24.4 Å². The summed E-state index contributed by atoms with van der Waals surface area (Å²) >= 11 is 0. The number of nitrogens with two attached hydrogens (primary N) is 1. The van der Waals surface area contributed by atoms with Gasteiger partial charge in [-0.15, -0.1) is 0 Å². The summed E-state index contributed by atoms with van der Waals surface area (Å²) < 4.78 is 0. The molecular formula is C15H20N4O2. The van der Waals surface area contributed by atoms with E-state index in [0.29, 0.717) is 17.8 Å². The third kappa shape index (κ3) is 2.99. The van der Waals surface area contributed by atoms with E-state index in [1.165, 1.54) is 0 Å². The van der Waals surface area contributed by atoms with Crippen molar-refractivity contribution in [2.75, 3.05) is 19.3 Å². The molecule has 0 spiro atoms. The normalized spacial score (nSPS) is 12.1. The number of amides is 2. The molecular weight excluding hydrogens is 268 g/mol. The molecule has 0 aliphatic rings. The number of aromatic amines is 1. The van der Waals surface area contributed by atoms with Crippen molar-refractivity contribution in [2.24, 2.45) is 0 Å². The van der Waals surface area contributed by atoms with Crippen molar-refractivity contribution < 1.29 is 9.59 Å². The number of fused-ring (bicyclic) bond motifs is 1. The number of carbonyl (C=O) groups excluding carboxylic acids is 2. The Morgan fingerprint density at radius 2 is 2.14 bits per heavy atom. The molecule has 6 nitrogen and oxygen atoms in total. The van der Waals surface area contributed by atoms with Crippen LogP contribution < -0.4 is 11.1 Å². The number of rotatable bonds is 4. The van der Waals surface area contributed by atoms with E-state index in [1.54, 1.807) is 37.2 Å². The van der Waals surface area contributed by atoms with Gasteiger partial charge in [-0.05, 0) is 32.0 Å². The first-order chi connectivity index (χ1) is 9.93. The summed E-state index contributed by atoms with van der Waals surface area (Å²) in [4.78, 5) is 28.9. The lowest BCUT2D eigenvalue weighted by Crippen LogP contribution is -2.45. The van der Waals surface area contributed by atoms with E-state index in [4.69, 9.17) is 5.73 Å². The van der Waals surface area contributed by atoms with E-state index in [-0.39, 0.29) is 11.8 Å². The van der Waals surface area contributed by atoms with Crippen molar-refractivity contribution in [3.05, 3.63) is 30.0 Å². The van der Waals surface area contributed by atoms with E-state index in [2.05, 4.69) is 10.3 Å². The summed E-state index contributed by atoms with van der Waals surface area (Å²) in [5.74, 6) is -0.414. The Balaban J connectivity index is 2.19. The van der Waals surface area contributed by atoms with Crippen LogP contribution in [-0.4, -0.2) is 41.3 Å². The fourth-order valence-electron chi connectivity index (χ4n) is 2.15. The van der Waals surface area contributed by atoms with Crippen molar-refractivity contribution in [3.63, 3.8) is 0 Å². The number of nitrogen functional groups attached to an aromatic ring is 1. The van der Waals surface area contributed by atoms with Crippen molar-refractivity contribution >= 4 is 28.4 Å². The Morgan fingerprint density at radius 1 is 1.43 bits per heavy atom. The molecule has 112 valence electrons. The van der Waals surface area contributed by atoms with E-state index < -0.39 is 6.04 Å². The Morgan fingerprint density at radius 3 is 2.81 bits per heavy atom. The van der Waals surface area contributed by atoms with Gasteiger partial charge < -0.3 is 20.9 Å². The standard InChI is InChI=1S/C15H20N4O2/c1-4-19(3)15(21)9(2)18-14(20)12-8-17-13-6-5-10(16)7-11(12)13/h5-9,17H,4,16H2,1-3H3,(H,18,20). The molecule has 0 aliphatic heterocycles. The first kappa shape index (κ1) is 14.9. The summed E-state index contributed by atoms with van der Waals surface area (Å²) in [7, 11) is 1.71. The molecule has 0 radical (unpaired) electrons. The second kappa shape index (κ2) is 5.87. The van der Waals surface area contributed by atoms with Gasteiger partial charge in [-0.2, -0.15) is 0 Å². The summed E-state index contributed by atoms with van der Waals surface area (Å²) in [5, 5.41) is 3.46. The molecule has 0 saturated carbocycles. The minimum Gasteiger partial charge on any atom is -0.399 e. The zero-order valence-electron chi connectivity index (χ0n) is 12.4. The Hall–Kier alpha value is -2.50. The molecule has 0 fully saturated rings. The molecule has 1 atom stereocenters. The van der Waals surface area contributed by atoms with Crippen LogP contribution in [0.1, 0.15) is 24.2 Å². The summed E-state index contributed by atoms with van der Waals surface area (Å²) in [5.41, 5.74) is 7.66. The maximum Gasteiger partial charge on any atom is 0.254 e. The Kier molecular flexibility index (Phi) is 4.16. The maximum atomic E-state index is 12.3. The van der Waals surface area contributed by atoms with Gasteiger partial charge in [0.25, 0.3) is 5.91 Å². The minimum absolute atomic E-state index is 0.120. The van der Waals surface area contributed by atoms with Crippen molar-refractivity contribution in [3.8, 4) is 0 Å². The van der Waals surface area contributed by atoms with Gasteiger partial charge in [0.1, 0.15) is 6.04 Å². The molecule has 0 aliphatic carbocycles. The first-order valence-corrected chi connectivity index (χ1v) is 6.86. The average Bonchev–Trinajstić information content (AvgIpc) is 2.88. The highest BCUT2D eigenvalue weighted by atomic mass is 16.2. The van der Waals surface area contributed by atoms with Crippen molar-refractivity contribution in [2.45, 2.75) is 19.9 Å². The molecule has 1 aromatic carbocycles. The Labute approximate surface area is 123 Å². The van der Waals surface area contributed by atoms with Crippen LogP contribution >= 0.6 is 0 Å². The number of hydrogen-bond acceptors (Lipinski definition) is 3. The van der Waals surface area contributed by atoms with Crippen molar-refractivity contribution in [1.82, 2.24) is 15.2 Å². The SMILES string of the molecule is CCN(C)C(=O)C(C)NC(=O)c1c[nH]c2ccc(N)cc12. The third-order valence-corrected chi connectivity index (χ3v) is 3.52. The summed E-state index contributed by atoms with van der Waals surface area (Å²) in [6.07, 6.45) is 1.63. The predicted octanol–water partition coefficient (Wildman–Crippen LogP) is 1.35. The second-order valence-corrected chi connectivity index (χ2v) is 5.05. The minimum atomic E-state index is -0.576. The van der Waals surface area contributed by atoms with Gasteiger partial charge in [-0.3, -0.25) is 9.59 Å². The number of H-pyrrole nitrogens is 1. The van der Waals surface area contributed by atoms with Gasteiger partial charge in [0.2, 0.25) is 5.91 Å². The Bertz CT molecular complexity index is 677. The molecule has 2 rings (SSSR count). The van der Waals surface area contributed by atoms with Crippen LogP contribution in [0.5, 0.6) is 0 Å². The summed E-state index contributed by atoms with van der Waals surface area (Å²) in [6.45, 7) is 4.16. The van der Waals surface area contributed by atoms with Crippen LogP contribution in [0, 0.1) is 0 Å². The molecule has 1 unspecified atom stereocenters. The predicted molar refractivity (Wildman–Crippen MR) is 83.0 cm³/mol. The lowest BCUT2D eigenvalue weighted by molar-refractivity contribution is -0.131. The van der Waals surface area contributed by atoms with Gasteiger partial charge in [0.15, 0.2) is 0 Å². The number of likely N-dealkylation sites (N-methyl/N-ethyl adjacent to an activating group) is 1. The zero-order chi connectivity index (χ0) is 15.6. The number of carbonyl (C=O) groups is 2. The smallest absolute Gasteiger partial charge is 0.254 e. The summed E-state index contributed by atoms with van der Waals surface area (Å²) in [6, 6.07) is 4.75. The molecule has 2 aromatic rings. The molecule has 21 heavy (non-hydrogen) atoms. The van der Waals surface area contributed by atoms with Crippen LogP contribution in [-0.2, 0) is 4.79 Å². The quantitative estimate of drug-likeness (QED) is 0.742. The monoisotopic (exact) mass is 288 g/mol. The first-order valence-electron chi connectivity index (χ1n) is 6.86. The van der Waals surface area contributed by atoms with E-state index in [0.717, 1.165) is 10.9 Å². The van der Waals surface area contributed by atoms with Gasteiger partial charge in [0, 0.05) is 36.4 Å². The number of aromatic nitrogens is 1. The second-order valence-electron chi connectivity index (χ2n) is 5.05. The maximum absolute atomic E-state index is 12.3. The van der Waals surface area contributed by atoms with Crippen LogP contribution in [0.25, 0.3) is 10.9 Å². The fourth-order valence-corrected chi connectivity index (χ4v) is 2.15. The van der Waals surface area contributed by atoms with E-state index in [1.807, 2.05) is 13.0 Å². The lowest BCUT2D eigenvalue weighted by Gasteiger charge is -2.20.